The summed E-state index contributed by atoms with van der Waals surface area (Å²) >= 11 is 0. The number of halogens is 3. The Labute approximate surface area is 161 Å². The zero-order chi connectivity index (χ0) is 19.5. The van der Waals surface area contributed by atoms with Gasteiger partial charge in [0.15, 0.2) is 5.82 Å². The SMILES string of the molecule is O=C(CC12CC(C1)C2)Nc1c(F)cc2c(c1F)CN(c1ccc(F)cc1)CC2. The lowest BCUT2D eigenvalue weighted by Gasteiger charge is -2.61. The van der Waals surface area contributed by atoms with Crippen molar-refractivity contribution in [2.45, 2.75) is 38.6 Å². The summed E-state index contributed by atoms with van der Waals surface area (Å²) in [7, 11) is 0. The molecule has 2 aromatic rings. The van der Waals surface area contributed by atoms with Crippen LogP contribution >= 0.6 is 0 Å². The Kier molecular flexibility index (Phi) is 3.93. The summed E-state index contributed by atoms with van der Waals surface area (Å²) in [5, 5.41) is 2.48. The van der Waals surface area contributed by atoms with Crippen LogP contribution in [-0.4, -0.2) is 12.5 Å². The van der Waals surface area contributed by atoms with Gasteiger partial charge in [0, 0.05) is 30.8 Å². The van der Waals surface area contributed by atoms with Gasteiger partial charge in [0.25, 0.3) is 0 Å². The highest BCUT2D eigenvalue weighted by Gasteiger charge is 2.57. The highest BCUT2D eigenvalue weighted by atomic mass is 19.1. The van der Waals surface area contributed by atoms with Gasteiger partial charge in [-0.15, -0.1) is 0 Å². The van der Waals surface area contributed by atoms with Crippen molar-refractivity contribution in [2.24, 2.45) is 11.3 Å². The number of hydrogen-bond donors (Lipinski definition) is 1. The number of anilines is 2. The molecule has 1 heterocycles. The van der Waals surface area contributed by atoms with Crippen molar-refractivity contribution in [2.75, 3.05) is 16.8 Å². The van der Waals surface area contributed by atoms with E-state index in [0.29, 0.717) is 30.5 Å². The van der Waals surface area contributed by atoms with E-state index in [4.69, 9.17) is 0 Å². The molecule has 0 radical (unpaired) electrons. The van der Waals surface area contributed by atoms with Crippen LogP contribution in [0.4, 0.5) is 24.5 Å². The molecule has 0 aromatic heterocycles. The van der Waals surface area contributed by atoms with E-state index >= 15 is 4.39 Å². The molecule has 4 aliphatic rings. The molecule has 0 unspecified atom stereocenters. The first-order chi connectivity index (χ1) is 13.4. The fourth-order valence-corrected chi connectivity index (χ4v) is 5.01. The molecular formula is C22H21F3N2O. The van der Waals surface area contributed by atoms with Crippen LogP contribution in [0.5, 0.6) is 0 Å². The van der Waals surface area contributed by atoms with Gasteiger partial charge in [0.2, 0.25) is 5.91 Å². The summed E-state index contributed by atoms with van der Waals surface area (Å²) < 4.78 is 42.8. The third-order valence-electron chi connectivity index (χ3n) is 6.57. The molecule has 3 nitrogen and oxygen atoms in total. The van der Waals surface area contributed by atoms with Crippen LogP contribution in [0.15, 0.2) is 30.3 Å². The maximum absolute atomic E-state index is 15.1. The predicted molar refractivity (Wildman–Crippen MR) is 101 cm³/mol. The number of benzene rings is 2. The lowest BCUT2D eigenvalue weighted by atomic mass is 9.43. The van der Waals surface area contributed by atoms with Crippen molar-refractivity contribution in [3.63, 3.8) is 0 Å². The molecule has 146 valence electrons. The normalized spacial score (nSPS) is 24.8. The van der Waals surface area contributed by atoms with E-state index in [9.17, 15) is 13.6 Å². The molecule has 3 aliphatic carbocycles. The Morgan fingerprint density at radius 2 is 1.86 bits per heavy atom. The molecule has 28 heavy (non-hydrogen) atoms. The van der Waals surface area contributed by atoms with Crippen molar-refractivity contribution in [1.29, 1.82) is 0 Å². The van der Waals surface area contributed by atoms with Gasteiger partial charge in [-0.05, 0) is 72.9 Å². The Balaban J connectivity index is 1.37. The van der Waals surface area contributed by atoms with E-state index in [-0.39, 0.29) is 29.4 Å². The number of fused-ring (bicyclic) bond motifs is 1. The van der Waals surface area contributed by atoms with Gasteiger partial charge in [0.05, 0.1) is 0 Å². The maximum atomic E-state index is 15.1. The Bertz CT molecular complexity index is 940. The Hall–Kier alpha value is -2.50. The predicted octanol–water partition coefficient (Wildman–Crippen LogP) is 4.80. The molecule has 0 saturated heterocycles. The van der Waals surface area contributed by atoms with E-state index in [1.54, 1.807) is 12.1 Å². The van der Waals surface area contributed by atoms with Crippen LogP contribution in [0, 0.1) is 28.8 Å². The Morgan fingerprint density at radius 1 is 1.14 bits per heavy atom. The number of amides is 1. The monoisotopic (exact) mass is 386 g/mol. The minimum atomic E-state index is -0.725. The maximum Gasteiger partial charge on any atom is 0.225 e. The smallest absolute Gasteiger partial charge is 0.225 e. The van der Waals surface area contributed by atoms with Gasteiger partial charge in [-0.3, -0.25) is 4.79 Å². The van der Waals surface area contributed by atoms with Crippen LogP contribution < -0.4 is 10.2 Å². The van der Waals surface area contributed by atoms with E-state index in [1.165, 1.54) is 18.2 Å². The zero-order valence-corrected chi connectivity index (χ0v) is 15.4. The molecule has 2 aromatic carbocycles. The van der Waals surface area contributed by atoms with Crippen molar-refractivity contribution in [3.05, 3.63) is 58.9 Å². The first kappa shape index (κ1) is 17.6. The average molecular weight is 386 g/mol. The van der Waals surface area contributed by atoms with E-state index in [0.717, 1.165) is 30.9 Å². The molecule has 1 N–H and O–H groups in total. The standard InChI is InChI=1S/C22H21F3N2O/c23-15-1-3-16(4-2-15)27-6-5-14-7-18(24)21(20(25)17(14)12-27)26-19(28)11-22-8-13(9-22)10-22/h1-4,7,13H,5-6,8-12H2,(H,26,28). The number of carbonyl (C=O) groups is 1. The first-order valence-electron chi connectivity index (χ1n) is 9.73. The second kappa shape index (κ2) is 6.26. The zero-order valence-electron chi connectivity index (χ0n) is 15.4. The van der Waals surface area contributed by atoms with Crippen molar-refractivity contribution in [1.82, 2.24) is 0 Å². The van der Waals surface area contributed by atoms with Gasteiger partial charge in [-0.1, -0.05) is 0 Å². The Morgan fingerprint density at radius 3 is 2.50 bits per heavy atom. The number of nitrogens with zero attached hydrogens (tertiary/aromatic N) is 1. The lowest BCUT2D eigenvalue weighted by molar-refractivity contribution is -0.139. The van der Waals surface area contributed by atoms with E-state index < -0.39 is 11.6 Å². The van der Waals surface area contributed by atoms with Crippen molar-refractivity contribution in [3.8, 4) is 0 Å². The third kappa shape index (κ3) is 2.86. The second-order valence-electron chi connectivity index (χ2n) is 8.54. The van der Waals surface area contributed by atoms with Crippen molar-refractivity contribution < 1.29 is 18.0 Å². The second-order valence-corrected chi connectivity index (χ2v) is 8.54. The van der Waals surface area contributed by atoms with Gasteiger partial charge in [0.1, 0.15) is 17.3 Å². The van der Waals surface area contributed by atoms with Crippen LogP contribution in [0.1, 0.15) is 36.8 Å². The van der Waals surface area contributed by atoms with Gasteiger partial charge in [-0.2, -0.15) is 0 Å². The minimum Gasteiger partial charge on any atom is -0.367 e. The number of hydrogen-bond acceptors (Lipinski definition) is 2. The third-order valence-corrected chi connectivity index (χ3v) is 6.57. The van der Waals surface area contributed by atoms with E-state index in [2.05, 4.69) is 5.32 Å². The summed E-state index contributed by atoms with van der Waals surface area (Å²) in [5.74, 6) is -1.32. The summed E-state index contributed by atoms with van der Waals surface area (Å²) in [6, 6.07) is 7.35. The van der Waals surface area contributed by atoms with Crippen LogP contribution in [0.2, 0.25) is 0 Å². The van der Waals surface area contributed by atoms with E-state index in [1.807, 2.05) is 4.90 Å². The number of rotatable bonds is 4. The quantitative estimate of drug-likeness (QED) is 0.819. The molecule has 6 heteroatoms. The summed E-state index contributed by atoms with van der Waals surface area (Å²) in [4.78, 5) is 14.3. The fourth-order valence-electron chi connectivity index (χ4n) is 5.01. The average Bonchev–Trinajstić information content (AvgIpc) is 2.61. The topological polar surface area (TPSA) is 32.3 Å². The van der Waals surface area contributed by atoms with Crippen LogP contribution in [-0.2, 0) is 17.8 Å². The fraction of sp³-hybridized carbons (Fsp3) is 0.409. The molecule has 1 aliphatic heterocycles. The van der Waals surface area contributed by atoms with Gasteiger partial charge >= 0.3 is 0 Å². The lowest BCUT2D eigenvalue weighted by Crippen LogP contribution is -2.53. The molecule has 2 bridgehead atoms. The van der Waals surface area contributed by atoms with Crippen molar-refractivity contribution >= 4 is 17.3 Å². The van der Waals surface area contributed by atoms with Gasteiger partial charge < -0.3 is 10.2 Å². The number of carbonyl (C=O) groups excluding carboxylic acids is 1. The highest BCUT2D eigenvalue weighted by Crippen LogP contribution is 2.66. The number of nitrogens with one attached hydrogen (secondary N) is 1. The molecule has 0 atom stereocenters. The molecule has 1 amide bonds. The molecule has 6 rings (SSSR count). The summed E-state index contributed by atoms with van der Waals surface area (Å²) in [6.45, 7) is 0.842. The summed E-state index contributed by atoms with van der Waals surface area (Å²) in [5.41, 5.74) is 1.51. The van der Waals surface area contributed by atoms with Gasteiger partial charge in [-0.25, -0.2) is 13.2 Å². The first-order valence-corrected chi connectivity index (χ1v) is 9.73. The highest BCUT2D eigenvalue weighted by molar-refractivity contribution is 5.92. The molecule has 3 fully saturated rings. The molecule has 0 spiro atoms. The van der Waals surface area contributed by atoms with Crippen LogP contribution in [0.3, 0.4) is 0 Å². The largest absolute Gasteiger partial charge is 0.367 e. The summed E-state index contributed by atoms with van der Waals surface area (Å²) in [6.07, 6.45) is 3.99. The molecular weight excluding hydrogens is 365 g/mol. The van der Waals surface area contributed by atoms with Crippen LogP contribution in [0.25, 0.3) is 0 Å². The molecule has 3 saturated carbocycles. The minimum absolute atomic E-state index is 0.0787.